The fourth-order valence-electron chi connectivity index (χ4n) is 2.41. The van der Waals surface area contributed by atoms with E-state index >= 15 is 0 Å². The van der Waals surface area contributed by atoms with Gasteiger partial charge in [-0.1, -0.05) is 37.3 Å². The summed E-state index contributed by atoms with van der Waals surface area (Å²) in [5, 5.41) is 6.59. The van der Waals surface area contributed by atoms with E-state index in [1.165, 1.54) is 11.1 Å². The third-order valence-electron chi connectivity index (χ3n) is 3.68. The number of aryl methyl sites for hydroxylation is 1. The number of pyridine rings is 1. The number of ether oxygens (including phenoxy) is 1. The second kappa shape index (κ2) is 9.55. The summed E-state index contributed by atoms with van der Waals surface area (Å²) < 4.78 is 5.16. The number of hydrogen-bond acceptors (Lipinski definition) is 3. The van der Waals surface area contributed by atoms with E-state index in [1.54, 1.807) is 7.11 Å². The van der Waals surface area contributed by atoms with Crippen LogP contribution in [0.5, 0.6) is 5.88 Å². The van der Waals surface area contributed by atoms with Gasteiger partial charge in [0.05, 0.1) is 25.9 Å². The summed E-state index contributed by atoms with van der Waals surface area (Å²) >= 11 is 0. The number of rotatable bonds is 7. The van der Waals surface area contributed by atoms with Crippen LogP contribution in [0, 0.1) is 0 Å². The molecule has 5 nitrogen and oxygen atoms in total. The van der Waals surface area contributed by atoms with Crippen molar-refractivity contribution < 1.29 is 4.74 Å². The molecule has 0 spiro atoms. The minimum atomic E-state index is 0.596. The van der Waals surface area contributed by atoms with E-state index in [0.29, 0.717) is 19.0 Å². The van der Waals surface area contributed by atoms with Crippen LogP contribution in [0.25, 0.3) is 0 Å². The van der Waals surface area contributed by atoms with Gasteiger partial charge in [-0.25, -0.2) is 9.98 Å². The molecule has 5 heteroatoms. The molecule has 0 saturated carbocycles. The first-order valence-corrected chi connectivity index (χ1v) is 8.35. The van der Waals surface area contributed by atoms with E-state index < -0.39 is 0 Å². The molecular formula is C19H26N4O. The standard InChI is InChI=1S/C19H26N4O/c1-4-15-9-6-7-10-16(15)13-21-19(20-5-2)22-14-17-11-8-12-18(23-17)24-3/h6-12H,4-5,13-14H2,1-3H3,(H2,20,21,22). The van der Waals surface area contributed by atoms with Crippen molar-refractivity contribution in [3.05, 3.63) is 59.3 Å². The molecule has 0 bridgehead atoms. The SMILES string of the molecule is CCNC(=NCc1ccccc1CC)NCc1cccc(OC)n1. The van der Waals surface area contributed by atoms with Crippen molar-refractivity contribution >= 4 is 5.96 Å². The molecule has 2 N–H and O–H groups in total. The zero-order chi connectivity index (χ0) is 17.2. The lowest BCUT2D eigenvalue weighted by atomic mass is 10.1. The molecule has 0 fully saturated rings. The molecule has 0 atom stereocenters. The van der Waals surface area contributed by atoms with Crippen molar-refractivity contribution in [1.82, 2.24) is 15.6 Å². The van der Waals surface area contributed by atoms with Gasteiger partial charge in [0, 0.05) is 12.6 Å². The Kier molecular flexibility index (Phi) is 7.08. The Bertz CT molecular complexity index is 670. The monoisotopic (exact) mass is 326 g/mol. The molecule has 1 aromatic carbocycles. The first-order chi connectivity index (χ1) is 11.8. The van der Waals surface area contributed by atoms with Crippen LogP contribution in [0.1, 0.15) is 30.7 Å². The molecule has 1 heterocycles. The van der Waals surface area contributed by atoms with Crippen molar-refractivity contribution in [2.24, 2.45) is 4.99 Å². The number of guanidine groups is 1. The molecular weight excluding hydrogens is 300 g/mol. The number of benzene rings is 1. The maximum Gasteiger partial charge on any atom is 0.213 e. The van der Waals surface area contributed by atoms with Crippen molar-refractivity contribution in [3.63, 3.8) is 0 Å². The molecule has 24 heavy (non-hydrogen) atoms. The quantitative estimate of drug-likeness (QED) is 0.607. The Balaban J connectivity index is 2.02. The molecule has 0 amide bonds. The van der Waals surface area contributed by atoms with E-state index in [2.05, 4.69) is 58.7 Å². The number of aliphatic imine (C=N–C) groups is 1. The first kappa shape index (κ1) is 17.8. The van der Waals surface area contributed by atoms with Gasteiger partial charge in [0.15, 0.2) is 5.96 Å². The number of nitrogens with zero attached hydrogens (tertiary/aromatic N) is 2. The molecule has 0 radical (unpaired) electrons. The Morgan fingerprint density at radius 3 is 2.54 bits per heavy atom. The minimum absolute atomic E-state index is 0.596. The predicted octanol–water partition coefficient (Wildman–Crippen LogP) is 2.91. The predicted molar refractivity (Wildman–Crippen MR) is 98.3 cm³/mol. The van der Waals surface area contributed by atoms with Crippen LogP contribution in [0.2, 0.25) is 0 Å². The Labute approximate surface area is 144 Å². The molecule has 1 aromatic heterocycles. The second-order valence-corrected chi connectivity index (χ2v) is 5.34. The molecule has 0 aliphatic carbocycles. The number of nitrogens with one attached hydrogen (secondary N) is 2. The van der Waals surface area contributed by atoms with Gasteiger partial charge in [0.2, 0.25) is 5.88 Å². The summed E-state index contributed by atoms with van der Waals surface area (Å²) in [6.45, 7) is 6.29. The molecule has 2 rings (SSSR count). The van der Waals surface area contributed by atoms with Crippen LogP contribution in [0.3, 0.4) is 0 Å². The van der Waals surface area contributed by atoms with Crippen LogP contribution in [0.15, 0.2) is 47.5 Å². The van der Waals surface area contributed by atoms with Gasteiger partial charge in [-0.2, -0.15) is 0 Å². The van der Waals surface area contributed by atoms with Crippen molar-refractivity contribution in [3.8, 4) is 5.88 Å². The van der Waals surface area contributed by atoms with Crippen LogP contribution >= 0.6 is 0 Å². The summed E-state index contributed by atoms with van der Waals surface area (Å²) in [6.07, 6.45) is 1.02. The largest absolute Gasteiger partial charge is 0.481 e. The van der Waals surface area contributed by atoms with Gasteiger partial charge < -0.3 is 15.4 Å². The normalized spacial score (nSPS) is 11.2. The lowest BCUT2D eigenvalue weighted by molar-refractivity contribution is 0.396. The fourth-order valence-corrected chi connectivity index (χ4v) is 2.41. The van der Waals surface area contributed by atoms with Crippen LogP contribution < -0.4 is 15.4 Å². The minimum Gasteiger partial charge on any atom is -0.481 e. The third-order valence-corrected chi connectivity index (χ3v) is 3.68. The Morgan fingerprint density at radius 2 is 1.83 bits per heavy atom. The Hall–Kier alpha value is -2.56. The van der Waals surface area contributed by atoms with E-state index in [-0.39, 0.29) is 0 Å². The molecule has 2 aromatic rings. The maximum atomic E-state index is 5.16. The highest BCUT2D eigenvalue weighted by molar-refractivity contribution is 5.79. The van der Waals surface area contributed by atoms with E-state index in [4.69, 9.17) is 4.74 Å². The highest BCUT2D eigenvalue weighted by atomic mass is 16.5. The maximum absolute atomic E-state index is 5.16. The Morgan fingerprint density at radius 1 is 1.04 bits per heavy atom. The summed E-state index contributed by atoms with van der Waals surface area (Å²) in [7, 11) is 1.62. The lowest BCUT2D eigenvalue weighted by Crippen LogP contribution is -2.37. The second-order valence-electron chi connectivity index (χ2n) is 5.34. The molecule has 0 aliphatic rings. The van der Waals surface area contributed by atoms with Gasteiger partial charge in [0.1, 0.15) is 0 Å². The van der Waals surface area contributed by atoms with Crippen molar-refractivity contribution in [2.75, 3.05) is 13.7 Å². The summed E-state index contributed by atoms with van der Waals surface area (Å²) in [6, 6.07) is 14.2. The smallest absolute Gasteiger partial charge is 0.213 e. The summed E-state index contributed by atoms with van der Waals surface area (Å²) in [5.41, 5.74) is 3.51. The number of hydrogen-bond donors (Lipinski definition) is 2. The van der Waals surface area contributed by atoms with Crippen LogP contribution in [-0.4, -0.2) is 24.6 Å². The molecule has 0 saturated heterocycles. The van der Waals surface area contributed by atoms with E-state index in [1.807, 2.05) is 18.2 Å². The average molecular weight is 326 g/mol. The number of aromatic nitrogens is 1. The summed E-state index contributed by atoms with van der Waals surface area (Å²) in [5.74, 6) is 1.40. The fraction of sp³-hybridized carbons (Fsp3) is 0.368. The van der Waals surface area contributed by atoms with E-state index in [0.717, 1.165) is 24.6 Å². The van der Waals surface area contributed by atoms with Gasteiger partial charge in [-0.05, 0) is 30.5 Å². The molecule has 0 aliphatic heterocycles. The van der Waals surface area contributed by atoms with Gasteiger partial charge in [0.25, 0.3) is 0 Å². The van der Waals surface area contributed by atoms with Crippen molar-refractivity contribution in [1.29, 1.82) is 0 Å². The van der Waals surface area contributed by atoms with Crippen molar-refractivity contribution in [2.45, 2.75) is 33.4 Å². The zero-order valence-electron chi connectivity index (χ0n) is 14.7. The lowest BCUT2D eigenvalue weighted by Gasteiger charge is -2.12. The average Bonchev–Trinajstić information content (AvgIpc) is 2.64. The molecule has 128 valence electrons. The summed E-state index contributed by atoms with van der Waals surface area (Å²) in [4.78, 5) is 9.09. The zero-order valence-corrected chi connectivity index (χ0v) is 14.7. The van der Waals surface area contributed by atoms with Gasteiger partial charge in [-0.15, -0.1) is 0 Å². The third kappa shape index (κ3) is 5.26. The van der Waals surface area contributed by atoms with Crippen LogP contribution in [-0.2, 0) is 19.5 Å². The first-order valence-electron chi connectivity index (χ1n) is 8.35. The van der Waals surface area contributed by atoms with Gasteiger partial charge in [-0.3, -0.25) is 0 Å². The molecule has 0 unspecified atom stereocenters. The van der Waals surface area contributed by atoms with E-state index in [9.17, 15) is 0 Å². The van der Waals surface area contributed by atoms with Crippen LogP contribution in [0.4, 0.5) is 0 Å². The van der Waals surface area contributed by atoms with Gasteiger partial charge >= 0.3 is 0 Å². The topological polar surface area (TPSA) is 58.5 Å². The number of methoxy groups -OCH3 is 1. The highest BCUT2D eigenvalue weighted by Gasteiger charge is 2.03. The highest BCUT2D eigenvalue weighted by Crippen LogP contribution is 2.10.